The first-order valence-corrected chi connectivity index (χ1v) is 6.83. The summed E-state index contributed by atoms with van der Waals surface area (Å²) in [6, 6.07) is 2.58. The number of nitrogens with zero attached hydrogens (tertiary/aromatic N) is 2. The zero-order valence-corrected chi connectivity index (χ0v) is 11.8. The Morgan fingerprint density at radius 1 is 1.55 bits per heavy atom. The number of nitro benzene ring substituents is 1. The molecular weight excluding hydrogens is 261 g/mol. The van der Waals surface area contributed by atoms with E-state index in [-0.39, 0.29) is 5.69 Å². The molecule has 0 amide bonds. The largest absolute Gasteiger partial charge is 0.366 e. The zero-order chi connectivity index (χ0) is 14.9. The van der Waals surface area contributed by atoms with Crippen molar-refractivity contribution in [1.29, 1.82) is 0 Å². The molecule has 0 spiro atoms. The normalized spacial score (nSPS) is 22.9. The predicted molar refractivity (Wildman–Crippen MR) is 76.3 cm³/mol. The summed E-state index contributed by atoms with van der Waals surface area (Å²) in [5, 5.41) is 11.1. The number of piperidine rings is 1. The Hall–Kier alpha value is -1.69. The second-order valence-electron chi connectivity index (χ2n) is 5.55. The quantitative estimate of drug-likeness (QED) is 0.682. The van der Waals surface area contributed by atoms with Crippen LogP contribution in [0.4, 0.5) is 15.8 Å². The lowest BCUT2D eigenvalue weighted by Gasteiger charge is -2.37. The minimum absolute atomic E-state index is 0.168. The van der Waals surface area contributed by atoms with E-state index in [1.54, 1.807) is 13.0 Å². The summed E-state index contributed by atoms with van der Waals surface area (Å²) in [4.78, 5) is 12.6. The van der Waals surface area contributed by atoms with Crippen LogP contribution in [0, 0.1) is 34.7 Å². The van der Waals surface area contributed by atoms with Crippen LogP contribution in [0.3, 0.4) is 0 Å². The standard InChI is InChI=1S/C14H20FN3O2/c1-9-3-4-17(8-11(9)7-16)13-5-10(2)12(15)6-14(13)18(19)20/h5-6,9,11H,3-4,7-8,16H2,1-2H3. The Balaban J connectivity index is 2.36. The number of nitro groups is 1. The van der Waals surface area contributed by atoms with Gasteiger partial charge in [-0.3, -0.25) is 10.1 Å². The third kappa shape index (κ3) is 2.75. The van der Waals surface area contributed by atoms with Crippen LogP contribution in [0.5, 0.6) is 0 Å². The molecule has 6 heteroatoms. The Labute approximate surface area is 117 Å². The fraction of sp³-hybridized carbons (Fsp3) is 0.571. The average Bonchev–Trinajstić information content (AvgIpc) is 2.41. The van der Waals surface area contributed by atoms with Gasteiger partial charge in [-0.2, -0.15) is 0 Å². The maximum atomic E-state index is 13.5. The summed E-state index contributed by atoms with van der Waals surface area (Å²) in [5.41, 5.74) is 6.52. The maximum absolute atomic E-state index is 13.5. The summed E-state index contributed by atoms with van der Waals surface area (Å²) in [5.74, 6) is 0.284. The lowest BCUT2D eigenvalue weighted by Crippen LogP contribution is -2.43. The average molecular weight is 281 g/mol. The molecule has 5 nitrogen and oxygen atoms in total. The van der Waals surface area contributed by atoms with Crippen LogP contribution in [-0.2, 0) is 0 Å². The number of hydrogen-bond donors (Lipinski definition) is 1. The third-order valence-corrected chi connectivity index (χ3v) is 4.21. The fourth-order valence-corrected chi connectivity index (χ4v) is 2.73. The summed E-state index contributed by atoms with van der Waals surface area (Å²) in [6.07, 6.45) is 0.940. The molecule has 1 aromatic rings. The van der Waals surface area contributed by atoms with Gasteiger partial charge in [0.05, 0.1) is 11.0 Å². The van der Waals surface area contributed by atoms with Crippen molar-refractivity contribution >= 4 is 11.4 Å². The van der Waals surface area contributed by atoms with Crippen LogP contribution in [-0.4, -0.2) is 24.6 Å². The van der Waals surface area contributed by atoms with Crippen molar-refractivity contribution in [3.05, 3.63) is 33.6 Å². The SMILES string of the molecule is Cc1cc(N2CCC(C)C(CN)C2)c([N+](=O)[O-])cc1F. The molecule has 1 heterocycles. The van der Waals surface area contributed by atoms with Crippen molar-refractivity contribution < 1.29 is 9.31 Å². The van der Waals surface area contributed by atoms with Gasteiger partial charge < -0.3 is 10.6 Å². The lowest BCUT2D eigenvalue weighted by atomic mass is 9.87. The van der Waals surface area contributed by atoms with Crippen molar-refractivity contribution in [2.24, 2.45) is 17.6 Å². The second kappa shape index (κ2) is 5.75. The first kappa shape index (κ1) is 14.7. The first-order valence-electron chi connectivity index (χ1n) is 6.83. The minimum atomic E-state index is -0.541. The molecule has 2 N–H and O–H groups in total. The van der Waals surface area contributed by atoms with Gasteiger partial charge in [0.1, 0.15) is 11.5 Å². The van der Waals surface area contributed by atoms with Crippen LogP contribution in [0.2, 0.25) is 0 Å². The van der Waals surface area contributed by atoms with Crippen molar-refractivity contribution in [2.45, 2.75) is 20.3 Å². The van der Waals surface area contributed by atoms with Crippen LogP contribution in [0.15, 0.2) is 12.1 Å². The van der Waals surface area contributed by atoms with Gasteiger partial charge in [-0.15, -0.1) is 0 Å². The van der Waals surface area contributed by atoms with Crippen molar-refractivity contribution in [3.63, 3.8) is 0 Å². The van der Waals surface area contributed by atoms with E-state index >= 15 is 0 Å². The zero-order valence-electron chi connectivity index (χ0n) is 11.8. The molecule has 2 unspecified atom stereocenters. The molecule has 110 valence electrons. The van der Waals surface area contributed by atoms with Crippen LogP contribution in [0.1, 0.15) is 18.9 Å². The molecule has 1 saturated heterocycles. The van der Waals surface area contributed by atoms with E-state index in [1.165, 1.54) is 0 Å². The van der Waals surface area contributed by atoms with Gasteiger partial charge in [0.2, 0.25) is 0 Å². The summed E-state index contributed by atoms with van der Waals surface area (Å²) in [7, 11) is 0. The highest BCUT2D eigenvalue weighted by atomic mass is 19.1. The minimum Gasteiger partial charge on any atom is -0.366 e. The van der Waals surface area contributed by atoms with Gasteiger partial charge in [-0.25, -0.2) is 4.39 Å². The molecular formula is C14H20FN3O2. The molecule has 0 radical (unpaired) electrons. The van der Waals surface area contributed by atoms with Crippen LogP contribution < -0.4 is 10.6 Å². The van der Waals surface area contributed by atoms with Crippen molar-refractivity contribution in [1.82, 2.24) is 0 Å². The van der Waals surface area contributed by atoms with Crippen molar-refractivity contribution in [3.8, 4) is 0 Å². The Kier molecular flexibility index (Phi) is 4.23. The number of halogens is 1. The number of hydrogen-bond acceptors (Lipinski definition) is 4. The molecule has 0 saturated carbocycles. The third-order valence-electron chi connectivity index (χ3n) is 4.21. The highest BCUT2D eigenvalue weighted by Gasteiger charge is 2.29. The van der Waals surface area contributed by atoms with Gasteiger partial charge in [0, 0.05) is 13.1 Å². The molecule has 1 aliphatic heterocycles. The summed E-state index contributed by atoms with van der Waals surface area (Å²) < 4.78 is 13.5. The number of anilines is 1. The smallest absolute Gasteiger partial charge is 0.295 e. The molecule has 0 aliphatic carbocycles. The summed E-state index contributed by atoms with van der Waals surface area (Å²) >= 11 is 0. The molecule has 2 atom stereocenters. The number of aryl methyl sites for hydroxylation is 1. The van der Waals surface area contributed by atoms with Gasteiger partial charge >= 0.3 is 0 Å². The second-order valence-corrected chi connectivity index (χ2v) is 5.55. The molecule has 1 aromatic carbocycles. The molecule has 0 bridgehead atoms. The van der Waals surface area contributed by atoms with Gasteiger partial charge in [-0.05, 0) is 43.4 Å². The van der Waals surface area contributed by atoms with Crippen molar-refractivity contribution in [2.75, 3.05) is 24.5 Å². The van der Waals surface area contributed by atoms with E-state index in [2.05, 4.69) is 6.92 Å². The topological polar surface area (TPSA) is 72.4 Å². The van der Waals surface area contributed by atoms with E-state index in [4.69, 9.17) is 5.73 Å². The highest BCUT2D eigenvalue weighted by Crippen LogP contribution is 2.34. The molecule has 1 fully saturated rings. The monoisotopic (exact) mass is 281 g/mol. The van der Waals surface area contributed by atoms with Gasteiger partial charge in [-0.1, -0.05) is 6.92 Å². The Morgan fingerprint density at radius 3 is 2.85 bits per heavy atom. The lowest BCUT2D eigenvalue weighted by molar-refractivity contribution is -0.384. The molecule has 1 aliphatic rings. The highest BCUT2D eigenvalue weighted by molar-refractivity contribution is 5.65. The number of nitrogens with two attached hydrogens (primary N) is 1. The summed E-state index contributed by atoms with van der Waals surface area (Å²) in [6.45, 7) is 5.76. The van der Waals surface area contributed by atoms with E-state index in [0.717, 1.165) is 19.0 Å². The fourth-order valence-electron chi connectivity index (χ4n) is 2.73. The Bertz CT molecular complexity index is 521. The van der Waals surface area contributed by atoms with Crippen LogP contribution in [0.25, 0.3) is 0 Å². The van der Waals surface area contributed by atoms with Gasteiger partial charge in [0.25, 0.3) is 5.69 Å². The Morgan fingerprint density at radius 2 is 2.25 bits per heavy atom. The van der Waals surface area contributed by atoms with Gasteiger partial charge in [0.15, 0.2) is 0 Å². The van der Waals surface area contributed by atoms with E-state index in [1.807, 2.05) is 4.90 Å². The number of rotatable bonds is 3. The van der Waals surface area contributed by atoms with E-state index in [9.17, 15) is 14.5 Å². The number of benzene rings is 1. The molecule has 20 heavy (non-hydrogen) atoms. The van der Waals surface area contributed by atoms with E-state index < -0.39 is 10.7 Å². The van der Waals surface area contributed by atoms with E-state index in [0.29, 0.717) is 36.2 Å². The molecule has 2 rings (SSSR count). The molecule has 0 aromatic heterocycles. The predicted octanol–water partition coefficient (Wildman–Crippen LogP) is 2.46. The van der Waals surface area contributed by atoms with Crippen LogP contribution >= 0.6 is 0 Å². The first-order chi connectivity index (χ1) is 9.43. The maximum Gasteiger partial charge on any atom is 0.295 e.